The Labute approximate surface area is 183 Å². The molecule has 1 amide bonds. The summed E-state index contributed by atoms with van der Waals surface area (Å²) in [5.41, 5.74) is 2.40. The van der Waals surface area contributed by atoms with E-state index in [0.29, 0.717) is 31.6 Å². The van der Waals surface area contributed by atoms with Crippen molar-refractivity contribution in [3.63, 3.8) is 0 Å². The molecule has 4 rings (SSSR count). The zero-order valence-electron chi connectivity index (χ0n) is 17.5. The second-order valence-electron chi connectivity index (χ2n) is 7.98. The standard InChI is InChI=1S/C23H24F3N5O/c24-23(25,26)5-6-28-19-3-9-31(10-4-19)22(32)13-20-12-18-11-16(1-2-17(18)14-30-20)21-15-27-7-8-29-21/h1-2,7-8,11-12,14-15,19,28H,3-6,9-10,13H2. The van der Waals surface area contributed by atoms with E-state index in [1.54, 1.807) is 29.7 Å². The number of pyridine rings is 1. The van der Waals surface area contributed by atoms with Gasteiger partial charge < -0.3 is 10.2 Å². The molecule has 1 aromatic carbocycles. The second-order valence-corrected chi connectivity index (χ2v) is 7.98. The van der Waals surface area contributed by atoms with Crippen LogP contribution >= 0.6 is 0 Å². The van der Waals surface area contributed by atoms with Crippen LogP contribution in [0.2, 0.25) is 0 Å². The van der Waals surface area contributed by atoms with E-state index >= 15 is 0 Å². The summed E-state index contributed by atoms with van der Waals surface area (Å²) in [6.07, 6.45) is 3.24. The smallest absolute Gasteiger partial charge is 0.342 e. The van der Waals surface area contributed by atoms with Gasteiger partial charge in [0.2, 0.25) is 5.91 Å². The van der Waals surface area contributed by atoms with E-state index < -0.39 is 12.6 Å². The van der Waals surface area contributed by atoms with Crippen LogP contribution in [0.1, 0.15) is 25.0 Å². The summed E-state index contributed by atoms with van der Waals surface area (Å²) < 4.78 is 36.9. The number of piperidine rings is 1. The molecule has 0 spiro atoms. The van der Waals surface area contributed by atoms with Gasteiger partial charge in [0.05, 0.1) is 30.4 Å². The van der Waals surface area contributed by atoms with Crippen molar-refractivity contribution in [2.45, 2.75) is 37.9 Å². The Morgan fingerprint density at radius 2 is 1.88 bits per heavy atom. The molecule has 1 aliphatic rings. The third-order valence-electron chi connectivity index (χ3n) is 5.66. The lowest BCUT2D eigenvalue weighted by atomic mass is 10.0. The van der Waals surface area contributed by atoms with Crippen molar-refractivity contribution in [3.8, 4) is 11.3 Å². The summed E-state index contributed by atoms with van der Waals surface area (Å²) in [6, 6.07) is 7.87. The highest BCUT2D eigenvalue weighted by Crippen LogP contribution is 2.23. The Balaban J connectivity index is 1.34. The van der Waals surface area contributed by atoms with Crippen LogP contribution in [0.15, 0.2) is 49.1 Å². The van der Waals surface area contributed by atoms with E-state index in [1.165, 1.54) is 0 Å². The highest BCUT2D eigenvalue weighted by atomic mass is 19.4. The molecule has 1 fully saturated rings. The van der Waals surface area contributed by atoms with Gasteiger partial charge in [-0.25, -0.2) is 0 Å². The van der Waals surface area contributed by atoms with Crippen LogP contribution in [0.25, 0.3) is 22.0 Å². The van der Waals surface area contributed by atoms with Gasteiger partial charge in [0.25, 0.3) is 0 Å². The zero-order valence-corrected chi connectivity index (χ0v) is 17.5. The lowest BCUT2D eigenvalue weighted by molar-refractivity contribution is -0.133. The Kier molecular flexibility index (Phi) is 6.64. The predicted molar refractivity (Wildman–Crippen MR) is 115 cm³/mol. The number of carbonyl (C=O) groups is 1. The molecule has 32 heavy (non-hydrogen) atoms. The van der Waals surface area contributed by atoms with Crippen molar-refractivity contribution in [1.82, 2.24) is 25.2 Å². The average molecular weight is 443 g/mol. The van der Waals surface area contributed by atoms with Crippen LogP contribution < -0.4 is 5.32 Å². The molecule has 3 heterocycles. The number of carbonyl (C=O) groups excluding carboxylic acids is 1. The first kappa shape index (κ1) is 22.1. The van der Waals surface area contributed by atoms with Crippen LogP contribution in [-0.4, -0.2) is 57.6 Å². The summed E-state index contributed by atoms with van der Waals surface area (Å²) in [5.74, 6) is -0.0179. The lowest BCUT2D eigenvalue weighted by Gasteiger charge is -2.32. The van der Waals surface area contributed by atoms with Crippen LogP contribution in [-0.2, 0) is 11.2 Å². The van der Waals surface area contributed by atoms with Gasteiger partial charge in [-0.2, -0.15) is 13.2 Å². The lowest BCUT2D eigenvalue weighted by Crippen LogP contribution is -2.46. The van der Waals surface area contributed by atoms with Crippen molar-refractivity contribution in [1.29, 1.82) is 0 Å². The predicted octanol–water partition coefficient (Wildman–Crippen LogP) is 3.77. The monoisotopic (exact) mass is 443 g/mol. The van der Waals surface area contributed by atoms with Crippen LogP contribution in [0.5, 0.6) is 0 Å². The Hall–Kier alpha value is -3.07. The molecule has 2 aromatic heterocycles. The fraction of sp³-hybridized carbons (Fsp3) is 0.391. The normalized spacial score (nSPS) is 15.3. The van der Waals surface area contributed by atoms with Crippen LogP contribution in [0.3, 0.4) is 0 Å². The second kappa shape index (κ2) is 9.60. The Morgan fingerprint density at radius 1 is 1.06 bits per heavy atom. The molecule has 1 saturated heterocycles. The van der Waals surface area contributed by atoms with Gasteiger partial charge in [-0.15, -0.1) is 0 Å². The largest absolute Gasteiger partial charge is 0.390 e. The number of alkyl halides is 3. The number of aromatic nitrogens is 3. The minimum Gasteiger partial charge on any atom is -0.342 e. The van der Waals surface area contributed by atoms with Gasteiger partial charge in [0.15, 0.2) is 0 Å². The summed E-state index contributed by atoms with van der Waals surface area (Å²) in [6.45, 7) is 0.986. The van der Waals surface area contributed by atoms with Gasteiger partial charge >= 0.3 is 6.18 Å². The minimum absolute atomic E-state index is 0.0136. The molecule has 1 aliphatic heterocycles. The van der Waals surface area contributed by atoms with Gasteiger partial charge in [-0.3, -0.25) is 19.7 Å². The summed E-state index contributed by atoms with van der Waals surface area (Å²) >= 11 is 0. The highest BCUT2D eigenvalue weighted by molar-refractivity contribution is 5.87. The summed E-state index contributed by atoms with van der Waals surface area (Å²) in [4.78, 5) is 27.4. The average Bonchev–Trinajstić information content (AvgIpc) is 2.79. The minimum atomic E-state index is -4.15. The third kappa shape index (κ3) is 5.79. The van der Waals surface area contributed by atoms with Gasteiger partial charge in [-0.05, 0) is 30.4 Å². The number of benzene rings is 1. The van der Waals surface area contributed by atoms with E-state index in [0.717, 1.165) is 22.0 Å². The first-order valence-electron chi connectivity index (χ1n) is 10.6. The number of nitrogens with one attached hydrogen (secondary N) is 1. The van der Waals surface area contributed by atoms with E-state index in [1.807, 2.05) is 24.3 Å². The third-order valence-corrected chi connectivity index (χ3v) is 5.66. The first-order chi connectivity index (χ1) is 15.4. The Morgan fingerprint density at radius 3 is 2.59 bits per heavy atom. The van der Waals surface area contributed by atoms with E-state index in [2.05, 4.69) is 20.3 Å². The van der Waals surface area contributed by atoms with Crippen molar-refractivity contribution < 1.29 is 18.0 Å². The number of halogens is 3. The number of nitrogens with zero attached hydrogens (tertiary/aromatic N) is 4. The maximum Gasteiger partial charge on any atom is 0.390 e. The summed E-state index contributed by atoms with van der Waals surface area (Å²) in [7, 11) is 0. The van der Waals surface area contributed by atoms with Crippen molar-refractivity contribution in [2.24, 2.45) is 0 Å². The number of fused-ring (bicyclic) bond motifs is 1. The molecule has 6 nitrogen and oxygen atoms in total. The molecule has 1 N–H and O–H groups in total. The van der Waals surface area contributed by atoms with Crippen molar-refractivity contribution in [2.75, 3.05) is 19.6 Å². The molecule has 0 unspecified atom stereocenters. The van der Waals surface area contributed by atoms with Crippen molar-refractivity contribution in [3.05, 3.63) is 54.7 Å². The van der Waals surface area contributed by atoms with Crippen LogP contribution in [0, 0.1) is 0 Å². The highest BCUT2D eigenvalue weighted by Gasteiger charge is 2.28. The van der Waals surface area contributed by atoms with Gasteiger partial charge in [0, 0.05) is 55.2 Å². The maximum atomic E-state index is 12.7. The molecule has 3 aromatic rings. The molecule has 168 valence electrons. The van der Waals surface area contributed by atoms with E-state index in [9.17, 15) is 18.0 Å². The topological polar surface area (TPSA) is 71.0 Å². The molecule has 0 saturated carbocycles. The molecular formula is C23H24F3N5O. The maximum absolute atomic E-state index is 12.7. The number of hydrogen-bond acceptors (Lipinski definition) is 5. The van der Waals surface area contributed by atoms with Crippen LogP contribution in [0.4, 0.5) is 13.2 Å². The van der Waals surface area contributed by atoms with E-state index in [4.69, 9.17) is 0 Å². The quantitative estimate of drug-likeness (QED) is 0.628. The number of hydrogen-bond donors (Lipinski definition) is 1. The molecule has 9 heteroatoms. The van der Waals surface area contributed by atoms with E-state index in [-0.39, 0.29) is 24.9 Å². The zero-order chi connectivity index (χ0) is 22.6. The van der Waals surface area contributed by atoms with Crippen molar-refractivity contribution >= 4 is 16.7 Å². The SMILES string of the molecule is O=C(Cc1cc2cc(-c3cnccn3)ccc2cn1)N1CCC(NCCC(F)(F)F)CC1. The molecular weight excluding hydrogens is 419 g/mol. The molecule has 0 radical (unpaired) electrons. The van der Waals surface area contributed by atoms with Gasteiger partial charge in [-0.1, -0.05) is 12.1 Å². The molecule has 0 aliphatic carbocycles. The van der Waals surface area contributed by atoms with Gasteiger partial charge in [0.1, 0.15) is 0 Å². The number of rotatable bonds is 6. The number of likely N-dealkylation sites (tertiary alicyclic amines) is 1. The summed E-state index contributed by atoms with van der Waals surface area (Å²) in [5, 5.41) is 4.89. The fourth-order valence-corrected chi connectivity index (χ4v) is 3.91. The number of amides is 1. The molecule has 0 bridgehead atoms. The Bertz CT molecular complexity index is 1070. The fourth-order valence-electron chi connectivity index (χ4n) is 3.91. The first-order valence-corrected chi connectivity index (χ1v) is 10.6. The molecule has 0 atom stereocenters.